The van der Waals surface area contributed by atoms with Crippen LogP contribution in [0.2, 0.25) is 0 Å². The number of hydrogen-bond acceptors (Lipinski definition) is 5. The predicted octanol–water partition coefficient (Wildman–Crippen LogP) is 2.10. The molecule has 6 nitrogen and oxygen atoms in total. The molecule has 0 radical (unpaired) electrons. The second-order valence-electron chi connectivity index (χ2n) is 3.84. The third-order valence-electron chi connectivity index (χ3n) is 2.36. The summed E-state index contributed by atoms with van der Waals surface area (Å²) in [6, 6.07) is 2.59. The van der Waals surface area contributed by atoms with Crippen LogP contribution < -0.4 is 10.0 Å². The molecule has 0 saturated heterocycles. The van der Waals surface area contributed by atoms with Gasteiger partial charge in [-0.2, -0.15) is 0 Å². The van der Waals surface area contributed by atoms with E-state index in [1.807, 2.05) is 0 Å². The molecule has 0 bridgehead atoms. The predicted molar refractivity (Wildman–Crippen MR) is 74.2 cm³/mol. The maximum Gasteiger partial charge on any atom is 0.266 e. The van der Waals surface area contributed by atoms with Crippen molar-refractivity contribution in [2.24, 2.45) is 0 Å². The van der Waals surface area contributed by atoms with Crippen molar-refractivity contribution in [2.75, 3.05) is 11.8 Å². The first-order chi connectivity index (χ1) is 9.44. The highest BCUT2D eigenvalue weighted by Gasteiger charge is 2.23. The molecule has 2 N–H and O–H groups in total. The van der Waals surface area contributed by atoms with Crippen molar-refractivity contribution in [1.82, 2.24) is 10.3 Å². The van der Waals surface area contributed by atoms with Gasteiger partial charge >= 0.3 is 0 Å². The highest BCUT2D eigenvalue weighted by atomic mass is 79.9. The highest BCUT2D eigenvalue weighted by molar-refractivity contribution is 9.10. The molecule has 2 heterocycles. The molecule has 2 aromatic heterocycles. The minimum absolute atomic E-state index is 0.0599. The van der Waals surface area contributed by atoms with Crippen LogP contribution in [0.1, 0.15) is 5.76 Å². The Labute approximate surface area is 123 Å². The molecule has 20 heavy (non-hydrogen) atoms. The number of halogens is 2. The maximum atomic E-state index is 13.4. The number of nitrogens with one attached hydrogen (secondary N) is 2. The lowest BCUT2D eigenvalue weighted by Crippen LogP contribution is -2.14. The summed E-state index contributed by atoms with van der Waals surface area (Å²) in [6.45, 7) is 0.373. The number of anilines is 1. The van der Waals surface area contributed by atoms with Crippen LogP contribution in [-0.2, 0) is 16.6 Å². The van der Waals surface area contributed by atoms with E-state index >= 15 is 0 Å². The zero-order chi connectivity index (χ0) is 14.8. The monoisotopic (exact) mass is 363 g/mol. The van der Waals surface area contributed by atoms with Crippen molar-refractivity contribution in [1.29, 1.82) is 0 Å². The largest absolute Gasteiger partial charge is 0.451 e. The Kier molecular flexibility index (Phi) is 4.41. The third-order valence-corrected chi connectivity index (χ3v) is 4.59. The zero-order valence-electron chi connectivity index (χ0n) is 10.4. The van der Waals surface area contributed by atoms with Gasteiger partial charge in [0.2, 0.25) is 0 Å². The highest BCUT2D eigenvalue weighted by Crippen LogP contribution is 2.28. The molecule has 0 aliphatic heterocycles. The lowest BCUT2D eigenvalue weighted by molar-refractivity contribution is 0.470. The molecule has 2 aromatic rings. The van der Waals surface area contributed by atoms with Gasteiger partial charge in [0.15, 0.2) is 10.5 Å². The van der Waals surface area contributed by atoms with E-state index in [-0.39, 0.29) is 15.3 Å². The summed E-state index contributed by atoms with van der Waals surface area (Å²) in [5, 5.41) is 2.84. The number of rotatable bonds is 5. The van der Waals surface area contributed by atoms with Gasteiger partial charge in [0.1, 0.15) is 10.7 Å². The zero-order valence-corrected chi connectivity index (χ0v) is 12.8. The molecule has 0 aromatic carbocycles. The van der Waals surface area contributed by atoms with Crippen LogP contribution in [0.15, 0.2) is 38.5 Å². The van der Waals surface area contributed by atoms with Gasteiger partial charge in [-0.15, -0.1) is 0 Å². The summed E-state index contributed by atoms with van der Waals surface area (Å²) in [5.74, 6) is -0.318. The summed E-state index contributed by atoms with van der Waals surface area (Å²) < 4.78 is 45.2. The summed E-state index contributed by atoms with van der Waals surface area (Å²) in [4.78, 5) is 3.45. The van der Waals surface area contributed by atoms with Gasteiger partial charge < -0.3 is 9.73 Å². The van der Waals surface area contributed by atoms with Gasteiger partial charge in [0, 0.05) is 12.3 Å². The average molecular weight is 364 g/mol. The van der Waals surface area contributed by atoms with Crippen LogP contribution in [0.5, 0.6) is 0 Å². The Morgan fingerprint density at radius 2 is 2.25 bits per heavy atom. The Morgan fingerprint density at radius 1 is 1.50 bits per heavy atom. The van der Waals surface area contributed by atoms with Crippen molar-refractivity contribution >= 4 is 31.6 Å². The van der Waals surface area contributed by atoms with Crippen molar-refractivity contribution < 1.29 is 17.2 Å². The standard InChI is InChI=1S/C11H11BrFN3O3S/c1-14-5-7-4-10(11(12)19-7)20(17,18)16-9-2-3-15-6-8(9)13/h2-4,6,14H,5H2,1H3,(H,15,16). The first kappa shape index (κ1) is 14.9. The smallest absolute Gasteiger partial charge is 0.266 e. The molecule has 0 atom stereocenters. The van der Waals surface area contributed by atoms with E-state index in [4.69, 9.17) is 4.42 Å². The number of aromatic nitrogens is 1. The van der Waals surface area contributed by atoms with Crippen molar-refractivity contribution in [3.05, 3.63) is 40.8 Å². The van der Waals surface area contributed by atoms with Gasteiger partial charge in [-0.05, 0) is 29.0 Å². The van der Waals surface area contributed by atoms with Crippen LogP contribution in [0.25, 0.3) is 0 Å². The molecule has 108 valence electrons. The van der Waals surface area contributed by atoms with Crippen LogP contribution in [-0.4, -0.2) is 20.4 Å². The number of furan rings is 1. The molecule has 2 rings (SSSR count). The molecular weight excluding hydrogens is 353 g/mol. The van der Waals surface area contributed by atoms with Crippen LogP contribution in [0.3, 0.4) is 0 Å². The van der Waals surface area contributed by atoms with E-state index in [9.17, 15) is 12.8 Å². The van der Waals surface area contributed by atoms with E-state index in [0.29, 0.717) is 12.3 Å². The second-order valence-corrected chi connectivity index (χ2v) is 6.21. The first-order valence-electron chi connectivity index (χ1n) is 5.49. The van der Waals surface area contributed by atoms with E-state index in [0.717, 1.165) is 6.20 Å². The van der Waals surface area contributed by atoms with Gasteiger partial charge in [0.05, 0.1) is 18.4 Å². The van der Waals surface area contributed by atoms with Crippen LogP contribution >= 0.6 is 15.9 Å². The van der Waals surface area contributed by atoms with Crippen molar-refractivity contribution in [2.45, 2.75) is 11.4 Å². The summed E-state index contributed by atoms with van der Waals surface area (Å²) in [5.41, 5.74) is -0.178. The first-order valence-corrected chi connectivity index (χ1v) is 7.77. The average Bonchev–Trinajstić information content (AvgIpc) is 2.74. The fourth-order valence-electron chi connectivity index (χ4n) is 1.50. The molecule has 0 saturated carbocycles. The quantitative estimate of drug-likeness (QED) is 0.849. The molecule has 0 amide bonds. The molecule has 0 unspecified atom stereocenters. The maximum absolute atomic E-state index is 13.4. The number of pyridine rings is 1. The normalized spacial score (nSPS) is 11.6. The van der Waals surface area contributed by atoms with Gasteiger partial charge in [0.25, 0.3) is 10.0 Å². The van der Waals surface area contributed by atoms with Crippen molar-refractivity contribution in [3.63, 3.8) is 0 Å². The summed E-state index contributed by atoms with van der Waals surface area (Å²) in [7, 11) is -2.25. The van der Waals surface area contributed by atoms with Gasteiger partial charge in [-0.25, -0.2) is 12.8 Å². The fraction of sp³-hybridized carbons (Fsp3) is 0.182. The molecular formula is C11H11BrFN3O3S. The van der Waals surface area contributed by atoms with Crippen LogP contribution in [0.4, 0.5) is 10.1 Å². The summed E-state index contributed by atoms with van der Waals surface area (Å²) >= 11 is 3.04. The van der Waals surface area contributed by atoms with E-state index in [1.54, 1.807) is 7.05 Å². The van der Waals surface area contributed by atoms with Gasteiger partial charge in [-0.3, -0.25) is 9.71 Å². The molecule has 0 aliphatic carbocycles. The minimum atomic E-state index is -3.95. The lowest BCUT2D eigenvalue weighted by atomic mass is 10.4. The lowest BCUT2D eigenvalue weighted by Gasteiger charge is -2.06. The number of sulfonamides is 1. The SMILES string of the molecule is CNCc1cc(S(=O)(=O)Nc2ccncc2F)c(Br)o1. The Hall–Kier alpha value is -1.45. The van der Waals surface area contributed by atoms with Gasteiger partial charge in [-0.1, -0.05) is 0 Å². The molecule has 0 aliphatic rings. The van der Waals surface area contributed by atoms with E-state index < -0.39 is 15.8 Å². The third kappa shape index (κ3) is 3.17. The number of hydrogen-bond donors (Lipinski definition) is 2. The Balaban J connectivity index is 2.33. The van der Waals surface area contributed by atoms with Crippen LogP contribution in [0, 0.1) is 5.82 Å². The second kappa shape index (κ2) is 5.90. The summed E-state index contributed by atoms with van der Waals surface area (Å²) in [6.07, 6.45) is 2.21. The Morgan fingerprint density at radius 3 is 2.90 bits per heavy atom. The molecule has 0 fully saturated rings. The fourth-order valence-corrected chi connectivity index (χ4v) is 3.57. The Bertz CT molecular complexity index is 717. The topological polar surface area (TPSA) is 84.2 Å². The number of nitrogens with zero attached hydrogens (tertiary/aromatic N) is 1. The van der Waals surface area contributed by atoms with E-state index in [2.05, 4.69) is 31.0 Å². The van der Waals surface area contributed by atoms with Crippen molar-refractivity contribution in [3.8, 4) is 0 Å². The molecule has 0 spiro atoms. The minimum Gasteiger partial charge on any atom is -0.451 e. The molecule has 9 heteroatoms. The van der Waals surface area contributed by atoms with E-state index in [1.165, 1.54) is 18.3 Å².